The van der Waals surface area contributed by atoms with E-state index in [1.54, 1.807) is 0 Å². The lowest BCUT2D eigenvalue weighted by molar-refractivity contribution is 0.531. The Kier molecular flexibility index (Phi) is 27.0. The van der Waals surface area contributed by atoms with E-state index in [0.29, 0.717) is 0 Å². The van der Waals surface area contributed by atoms with Crippen molar-refractivity contribution in [2.75, 3.05) is 0 Å². The van der Waals surface area contributed by atoms with Crippen LogP contribution >= 0.6 is 0 Å². The van der Waals surface area contributed by atoms with Crippen molar-refractivity contribution in [3.8, 4) is 0 Å². The third kappa shape index (κ3) is 27.5. The van der Waals surface area contributed by atoms with Crippen molar-refractivity contribution in [1.82, 2.24) is 0 Å². The molecule has 0 fully saturated rings. The summed E-state index contributed by atoms with van der Waals surface area (Å²) < 4.78 is 0. The molecular weight excluding hydrogens is 348 g/mol. The monoisotopic (exact) mass is 404 g/mol. The molecule has 0 aliphatic carbocycles. The number of unbranched alkanes of at least 4 members (excludes halogenated alkanes) is 22. The molecule has 0 aromatic heterocycles. The van der Waals surface area contributed by atoms with Crippen molar-refractivity contribution in [3.63, 3.8) is 0 Å². The maximum atomic E-state index is 3.79. The minimum absolute atomic E-state index is 1.20. The number of hydrogen-bond acceptors (Lipinski definition) is 0. The average molecular weight is 405 g/mol. The van der Waals surface area contributed by atoms with Gasteiger partial charge in [-0.1, -0.05) is 141 Å². The molecule has 0 unspecified atom stereocenters. The van der Waals surface area contributed by atoms with Crippen LogP contribution in [0.5, 0.6) is 0 Å². The van der Waals surface area contributed by atoms with Gasteiger partial charge in [0.25, 0.3) is 0 Å². The molecule has 0 saturated carbocycles. The molecule has 29 heavy (non-hydrogen) atoms. The molecule has 0 amide bonds. The van der Waals surface area contributed by atoms with Gasteiger partial charge >= 0.3 is 0 Å². The summed E-state index contributed by atoms with van der Waals surface area (Å²) in [7, 11) is 0. The maximum absolute atomic E-state index is 3.79. The third-order valence-corrected chi connectivity index (χ3v) is 6.17. The number of allylic oxidation sites excluding steroid dienone is 3. The Morgan fingerprint density at radius 1 is 0.379 bits per heavy atom. The minimum Gasteiger partial charge on any atom is -0.103 e. The summed E-state index contributed by atoms with van der Waals surface area (Å²) in [4.78, 5) is 0. The highest BCUT2D eigenvalue weighted by atomic mass is 14.0. The van der Waals surface area contributed by atoms with E-state index in [-0.39, 0.29) is 0 Å². The van der Waals surface area contributed by atoms with Crippen molar-refractivity contribution in [2.24, 2.45) is 0 Å². The molecule has 0 saturated heterocycles. The number of rotatable bonds is 25. The Morgan fingerprint density at radius 3 is 0.966 bits per heavy atom. The van der Waals surface area contributed by atoms with E-state index < -0.39 is 0 Å². The zero-order chi connectivity index (χ0) is 21.1. The Labute approximate surface area is 186 Å². The first-order valence-electron chi connectivity index (χ1n) is 13.7. The molecular formula is C29H56. The first-order valence-corrected chi connectivity index (χ1v) is 13.7. The maximum Gasteiger partial charge on any atom is -0.0351 e. The highest BCUT2D eigenvalue weighted by Crippen LogP contribution is 2.14. The zero-order valence-electron chi connectivity index (χ0n) is 20.4. The molecule has 0 atom stereocenters. The van der Waals surface area contributed by atoms with Crippen molar-refractivity contribution in [1.29, 1.82) is 0 Å². The molecule has 0 radical (unpaired) electrons. The summed E-state index contributed by atoms with van der Waals surface area (Å²) in [5.41, 5.74) is 0. The smallest absolute Gasteiger partial charge is 0.0351 e. The van der Waals surface area contributed by atoms with Gasteiger partial charge in [0.2, 0.25) is 0 Å². The van der Waals surface area contributed by atoms with Gasteiger partial charge in [0.15, 0.2) is 0 Å². The van der Waals surface area contributed by atoms with E-state index in [0.717, 1.165) is 0 Å². The third-order valence-electron chi connectivity index (χ3n) is 6.17. The van der Waals surface area contributed by atoms with E-state index in [1.807, 2.05) is 0 Å². The number of hydrogen-bond donors (Lipinski definition) is 0. The van der Waals surface area contributed by atoms with Gasteiger partial charge in [-0.25, -0.2) is 0 Å². The predicted molar refractivity (Wildman–Crippen MR) is 136 cm³/mol. The first kappa shape index (κ1) is 28.5. The van der Waals surface area contributed by atoms with Gasteiger partial charge in [-0.3, -0.25) is 0 Å². The quantitative estimate of drug-likeness (QED) is 0.105. The van der Waals surface area contributed by atoms with Crippen LogP contribution in [0.3, 0.4) is 0 Å². The van der Waals surface area contributed by atoms with Crippen LogP contribution in [-0.4, -0.2) is 0 Å². The lowest BCUT2D eigenvalue weighted by atomic mass is 10.0. The Morgan fingerprint density at radius 2 is 0.655 bits per heavy atom. The minimum atomic E-state index is 1.20. The molecule has 0 N–H and O–H groups in total. The van der Waals surface area contributed by atoms with Crippen LogP contribution in [0.2, 0.25) is 0 Å². The second kappa shape index (κ2) is 27.5. The highest BCUT2D eigenvalue weighted by Gasteiger charge is 1.94. The SMILES string of the molecule is C=CCCCCCCCCCCCCCCCCCC=CCCCCCCCC. The van der Waals surface area contributed by atoms with Crippen molar-refractivity contribution < 1.29 is 0 Å². The van der Waals surface area contributed by atoms with Gasteiger partial charge in [0.05, 0.1) is 0 Å². The van der Waals surface area contributed by atoms with Crippen LogP contribution in [0.25, 0.3) is 0 Å². The van der Waals surface area contributed by atoms with Gasteiger partial charge in [0.1, 0.15) is 0 Å². The van der Waals surface area contributed by atoms with Crippen LogP contribution in [0.15, 0.2) is 24.8 Å². The molecule has 0 aromatic rings. The van der Waals surface area contributed by atoms with Gasteiger partial charge in [0, 0.05) is 0 Å². The molecule has 0 heterocycles. The molecule has 0 nitrogen and oxygen atoms in total. The van der Waals surface area contributed by atoms with Gasteiger partial charge in [-0.2, -0.15) is 0 Å². The van der Waals surface area contributed by atoms with Crippen LogP contribution in [0.4, 0.5) is 0 Å². The fraction of sp³-hybridized carbons (Fsp3) is 0.862. The topological polar surface area (TPSA) is 0 Å². The molecule has 0 spiro atoms. The van der Waals surface area contributed by atoms with Gasteiger partial charge in [-0.05, 0) is 38.5 Å². The molecule has 0 aliphatic rings. The Bertz CT molecular complexity index is 314. The first-order chi connectivity index (χ1) is 14.4. The predicted octanol–water partition coefficient (Wildman–Crippen LogP) is 11.1. The normalized spacial score (nSPS) is 11.5. The molecule has 0 heteroatoms. The average Bonchev–Trinajstić information content (AvgIpc) is 2.74. The van der Waals surface area contributed by atoms with E-state index in [1.165, 1.54) is 154 Å². The lowest BCUT2D eigenvalue weighted by Gasteiger charge is -2.03. The molecule has 172 valence electrons. The standard InChI is InChI=1S/C29H56/c1-3-5-7-9-11-13-15-17-19-21-23-25-27-29-28-26-24-22-20-18-16-14-12-10-8-6-4-2/h3,18,20H,1,4-17,19,21-29H2,2H3. The van der Waals surface area contributed by atoms with Crippen molar-refractivity contribution in [2.45, 2.75) is 161 Å². The largest absolute Gasteiger partial charge is 0.103 e. The van der Waals surface area contributed by atoms with Gasteiger partial charge < -0.3 is 0 Å². The van der Waals surface area contributed by atoms with Gasteiger partial charge in [-0.15, -0.1) is 6.58 Å². The van der Waals surface area contributed by atoms with Crippen LogP contribution in [0.1, 0.15) is 161 Å². The van der Waals surface area contributed by atoms with Crippen molar-refractivity contribution >= 4 is 0 Å². The fourth-order valence-electron chi connectivity index (χ4n) is 4.13. The molecule has 0 aromatic carbocycles. The Hall–Kier alpha value is -0.520. The van der Waals surface area contributed by atoms with Crippen LogP contribution in [0, 0.1) is 0 Å². The summed E-state index contributed by atoms with van der Waals surface area (Å²) in [5.74, 6) is 0. The summed E-state index contributed by atoms with van der Waals surface area (Å²) in [6.45, 7) is 6.08. The summed E-state index contributed by atoms with van der Waals surface area (Å²) in [5, 5.41) is 0. The highest BCUT2D eigenvalue weighted by molar-refractivity contribution is 4.81. The van der Waals surface area contributed by atoms with Crippen LogP contribution in [-0.2, 0) is 0 Å². The van der Waals surface area contributed by atoms with E-state index >= 15 is 0 Å². The van der Waals surface area contributed by atoms with Crippen LogP contribution < -0.4 is 0 Å². The van der Waals surface area contributed by atoms with Crippen molar-refractivity contribution in [3.05, 3.63) is 24.8 Å². The second-order valence-electron chi connectivity index (χ2n) is 9.20. The molecule has 0 rings (SSSR count). The summed E-state index contributed by atoms with van der Waals surface area (Å²) in [6, 6.07) is 0. The second-order valence-corrected chi connectivity index (χ2v) is 9.20. The summed E-state index contributed by atoms with van der Waals surface area (Å²) >= 11 is 0. The van der Waals surface area contributed by atoms with E-state index in [9.17, 15) is 0 Å². The Balaban J connectivity index is 3.04. The molecule has 0 bridgehead atoms. The zero-order valence-corrected chi connectivity index (χ0v) is 20.4. The lowest BCUT2D eigenvalue weighted by Crippen LogP contribution is -1.83. The molecule has 0 aliphatic heterocycles. The fourth-order valence-corrected chi connectivity index (χ4v) is 4.13. The van der Waals surface area contributed by atoms with E-state index in [4.69, 9.17) is 0 Å². The van der Waals surface area contributed by atoms with E-state index in [2.05, 4.69) is 31.7 Å². The summed E-state index contributed by atoms with van der Waals surface area (Å²) in [6.07, 6.45) is 40.9.